The summed E-state index contributed by atoms with van der Waals surface area (Å²) in [4.78, 5) is 4.37. The quantitative estimate of drug-likeness (QED) is 0.450. The summed E-state index contributed by atoms with van der Waals surface area (Å²) in [6.45, 7) is 1.71. The van der Waals surface area contributed by atoms with E-state index in [1.165, 1.54) is 12.1 Å². The number of benzene rings is 2. The summed E-state index contributed by atoms with van der Waals surface area (Å²) in [5, 5.41) is 0. The first-order valence-corrected chi connectivity index (χ1v) is 8.34. The molecule has 0 spiro atoms. The van der Waals surface area contributed by atoms with Crippen molar-refractivity contribution in [2.24, 2.45) is 4.99 Å². The Morgan fingerprint density at radius 3 is 1.96 bits per heavy atom. The molecule has 134 valence electrons. The Morgan fingerprint density at radius 1 is 0.960 bits per heavy atom. The Bertz CT molecular complexity index is 858. The Hall–Kier alpha value is -2.55. The highest BCUT2D eigenvalue weighted by Gasteiger charge is 2.48. The standard InChI is InChI=1S/C16H14F3NO4S/c1-11(20-13-5-9-14(23-2)10-6-13)12-3-7-15(8-4-12)24-25(21,22)16(17,18)19/h3-10H,1-2H3. The second-order valence-corrected chi connectivity index (χ2v) is 6.44. The third kappa shape index (κ3) is 4.72. The van der Waals surface area contributed by atoms with Crippen LogP contribution in [0.5, 0.6) is 11.5 Å². The summed E-state index contributed by atoms with van der Waals surface area (Å²) in [5.41, 5.74) is -3.61. The van der Waals surface area contributed by atoms with E-state index < -0.39 is 21.4 Å². The number of hydrogen-bond acceptors (Lipinski definition) is 5. The molecular weight excluding hydrogens is 359 g/mol. The SMILES string of the molecule is COc1ccc(N=C(C)c2ccc(OS(=O)(=O)C(F)(F)F)cc2)cc1. The third-order valence-corrected chi connectivity index (χ3v) is 4.11. The fraction of sp³-hybridized carbons (Fsp3) is 0.188. The maximum Gasteiger partial charge on any atom is 0.534 e. The monoisotopic (exact) mass is 373 g/mol. The highest BCUT2D eigenvalue weighted by molar-refractivity contribution is 7.88. The van der Waals surface area contributed by atoms with Crippen LogP contribution in [0.4, 0.5) is 18.9 Å². The molecule has 0 saturated heterocycles. The lowest BCUT2D eigenvalue weighted by molar-refractivity contribution is -0.0500. The number of rotatable bonds is 5. The van der Waals surface area contributed by atoms with Crippen LogP contribution in [-0.4, -0.2) is 26.7 Å². The van der Waals surface area contributed by atoms with E-state index in [9.17, 15) is 21.6 Å². The highest BCUT2D eigenvalue weighted by atomic mass is 32.2. The smallest absolute Gasteiger partial charge is 0.497 e. The number of alkyl halides is 3. The van der Waals surface area contributed by atoms with E-state index in [0.29, 0.717) is 22.7 Å². The minimum atomic E-state index is -5.68. The fourth-order valence-electron chi connectivity index (χ4n) is 1.84. The molecular formula is C16H14F3NO4S. The average molecular weight is 373 g/mol. The van der Waals surface area contributed by atoms with Gasteiger partial charge >= 0.3 is 15.6 Å². The molecule has 5 nitrogen and oxygen atoms in total. The topological polar surface area (TPSA) is 65.0 Å². The van der Waals surface area contributed by atoms with Crippen LogP contribution in [0.1, 0.15) is 12.5 Å². The van der Waals surface area contributed by atoms with Crippen molar-refractivity contribution in [1.82, 2.24) is 0 Å². The number of halogens is 3. The van der Waals surface area contributed by atoms with Crippen molar-refractivity contribution in [2.45, 2.75) is 12.4 Å². The summed E-state index contributed by atoms with van der Waals surface area (Å²) >= 11 is 0. The van der Waals surface area contributed by atoms with Crippen LogP contribution >= 0.6 is 0 Å². The van der Waals surface area contributed by atoms with Crippen molar-refractivity contribution < 1.29 is 30.5 Å². The maximum absolute atomic E-state index is 12.3. The number of methoxy groups -OCH3 is 1. The Balaban J connectivity index is 2.17. The van der Waals surface area contributed by atoms with E-state index in [1.54, 1.807) is 38.3 Å². The van der Waals surface area contributed by atoms with Gasteiger partial charge in [0.05, 0.1) is 12.8 Å². The first-order chi connectivity index (χ1) is 11.6. The molecule has 0 aliphatic heterocycles. The molecule has 2 aromatic rings. The molecule has 0 amide bonds. The lowest BCUT2D eigenvalue weighted by Gasteiger charge is -2.09. The van der Waals surface area contributed by atoms with E-state index in [-0.39, 0.29) is 0 Å². The summed E-state index contributed by atoms with van der Waals surface area (Å²) < 4.78 is 67.8. The van der Waals surface area contributed by atoms with Gasteiger partial charge in [-0.2, -0.15) is 21.6 Å². The van der Waals surface area contributed by atoms with Gasteiger partial charge in [0.1, 0.15) is 11.5 Å². The van der Waals surface area contributed by atoms with Crippen molar-refractivity contribution in [3.63, 3.8) is 0 Å². The minimum Gasteiger partial charge on any atom is -0.497 e. The summed E-state index contributed by atoms with van der Waals surface area (Å²) in [6.07, 6.45) is 0. The van der Waals surface area contributed by atoms with E-state index in [0.717, 1.165) is 12.1 Å². The average Bonchev–Trinajstić information content (AvgIpc) is 2.55. The second kappa shape index (κ2) is 7.14. The number of hydrogen-bond donors (Lipinski definition) is 0. The molecule has 0 atom stereocenters. The first-order valence-electron chi connectivity index (χ1n) is 6.93. The van der Waals surface area contributed by atoms with Crippen molar-refractivity contribution in [3.8, 4) is 11.5 Å². The van der Waals surface area contributed by atoms with E-state index in [1.807, 2.05) is 0 Å². The maximum atomic E-state index is 12.3. The summed E-state index contributed by atoms with van der Waals surface area (Å²) in [6, 6.07) is 12.1. The number of aliphatic imine (C=N–C) groups is 1. The zero-order valence-corrected chi connectivity index (χ0v) is 14.1. The van der Waals surface area contributed by atoms with Crippen LogP contribution in [-0.2, 0) is 10.1 Å². The zero-order valence-electron chi connectivity index (χ0n) is 13.2. The molecule has 0 unspecified atom stereocenters. The second-order valence-electron chi connectivity index (χ2n) is 4.90. The Morgan fingerprint density at radius 2 is 1.48 bits per heavy atom. The lowest BCUT2D eigenvalue weighted by atomic mass is 10.1. The minimum absolute atomic E-state index is 0.432. The highest BCUT2D eigenvalue weighted by Crippen LogP contribution is 2.27. The predicted molar refractivity (Wildman–Crippen MR) is 86.9 cm³/mol. The Labute approximate surface area is 142 Å². The van der Waals surface area contributed by atoms with Crippen LogP contribution in [0.2, 0.25) is 0 Å². The number of ether oxygens (including phenoxy) is 1. The van der Waals surface area contributed by atoms with Crippen molar-refractivity contribution >= 4 is 21.5 Å². The molecule has 0 bridgehead atoms. The molecule has 25 heavy (non-hydrogen) atoms. The van der Waals surface area contributed by atoms with Gasteiger partial charge in [0.15, 0.2) is 0 Å². The third-order valence-electron chi connectivity index (χ3n) is 3.13. The fourth-order valence-corrected chi connectivity index (χ4v) is 2.30. The molecule has 0 aliphatic carbocycles. The Kier molecular flexibility index (Phi) is 5.36. The number of nitrogens with zero attached hydrogens (tertiary/aromatic N) is 1. The molecule has 0 aliphatic rings. The largest absolute Gasteiger partial charge is 0.534 e. The van der Waals surface area contributed by atoms with Gasteiger partial charge in [-0.05, 0) is 61.0 Å². The molecule has 0 radical (unpaired) electrons. The van der Waals surface area contributed by atoms with Gasteiger partial charge in [0.2, 0.25) is 0 Å². The van der Waals surface area contributed by atoms with Gasteiger partial charge in [-0.15, -0.1) is 0 Å². The van der Waals surface area contributed by atoms with E-state index >= 15 is 0 Å². The van der Waals surface area contributed by atoms with Crippen LogP contribution in [0.25, 0.3) is 0 Å². The van der Waals surface area contributed by atoms with Gasteiger partial charge in [-0.25, -0.2) is 0 Å². The predicted octanol–water partition coefficient (Wildman–Crippen LogP) is 4.06. The molecule has 2 rings (SSSR count). The molecule has 0 heterocycles. The van der Waals surface area contributed by atoms with Crippen molar-refractivity contribution in [2.75, 3.05) is 7.11 Å². The molecule has 0 saturated carbocycles. The van der Waals surface area contributed by atoms with Gasteiger partial charge < -0.3 is 8.92 Å². The van der Waals surface area contributed by atoms with Gasteiger partial charge in [-0.3, -0.25) is 4.99 Å². The van der Waals surface area contributed by atoms with E-state index in [4.69, 9.17) is 4.74 Å². The van der Waals surface area contributed by atoms with Crippen LogP contribution < -0.4 is 8.92 Å². The van der Waals surface area contributed by atoms with Crippen molar-refractivity contribution in [1.29, 1.82) is 0 Å². The van der Waals surface area contributed by atoms with E-state index in [2.05, 4.69) is 9.18 Å². The molecule has 2 aromatic carbocycles. The molecule has 9 heteroatoms. The lowest BCUT2D eigenvalue weighted by Crippen LogP contribution is -2.28. The van der Waals surface area contributed by atoms with Gasteiger partial charge in [-0.1, -0.05) is 0 Å². The normalized spacial score (nSPS) is 12.8. The van der Waals surface area contributed by atoms with Crippen molar-refractivity contribution in [3.05, 3.63) is 54.1 Å². The van der Waals surface area contributed by atoms with Gasteiger partial charge in [0, 0.05) is 5.71 Å². The molecule has 0 aromatic heterocycles. The summed E-state index contributed by atoms with van der Waals surface area (Å²) in [5.74, 6) is 0.252. The van der Waals surface area contributed by atoms with Crippen LogP contribution in [0.3, 0.4) is 0 Å². The molecule has 0 fully saturated rings. The van der Waals surface area contributed by atoms with Crippen LogP contribution in [0.15, 0.2) is 53.5 Å². The zero-order chi connectivity index (χ0) is 18.7. The van der Waals surface area contributed by atoms with Gasteiger partial charge in [0.25, 0.3) is 0 Å². The molecule has 0 N–H and O–H groups in total. The van der Waals surface area contributed by atoms with Crippen LogP contribution in [0, 0.1) is 0 Å². The summed E-state index contributed by atoms with van der Waals surface area (Å²) in [7, 11) is -4.13. The first kappa shape index (κ1) is 18.8.